The molecule has 0 radical (unpaired) electrons. The van der Waals surface area contributed by atoms with Crippen LogP contribution in [0.3, 0.4) is 0 Å². The first-order valence-electron chi connectivity index (χ1n) is 6.87. The first-order valence-corrected chi connectivity index (χ1v) is 6.87. The topological polar surface area (TPSA) is 57.2 Å². The first-order chi connectivity index (χ1) is 10.2. The van der Waals surface area contributed by atoms with E-state index in [9.17, 15) is 5.11 Å². The molecule has 4 atom stereocenters. The standard InChI is InChI=1S/C16H22O5/c1-11-14(18-2)15(19-3)13(9-17)21-16(11)20-10-12-7-5-4-6-8-12/h4-8,13-17H,1,9-10H2,2-3H3/t13-,14-,15+,16+/m1/s1. The maximum atomic E-state index is 9.45. The zero-order valence-electron chi connectivity index (χ0n) is 12.4. The minimum absolute atomic E-state index is 0.170. The lowest BCUT2D eigenvalue weighted by Crippen LogP contribution is -2.53. The van der Waals surface area contributed by atoms with Crippen LogP contribution in [0.4, 0.5) is 0 Å². The van der Waals surface area contributed by atoms with Crippen LogP contribution in [-0.2, 0) is 25.6 Å². The van der Waals surface area contributed by atoms with Crippen LogP contribution in [0.25, 0.3) is 0 Å². The van der Waals surface area contributed by atoms with Gasteiger partial charge in [-0.15, -0.1) is 0 Å². The highest BCUT2D eigenvalue weighted by molar-refractivity contribution is 5.16. The maximum Gasteiger partial charge on any atom is 0.183 e. The number of methoxy groups -OCH3 is 2. The van der Waals surface area contributed by atoms with E-state index in [1.54, 1.807) is 14.2 Å². The largest absolute Gasteiger partial charge is 0.394 e. The Kier molecular flexibility index (Phi) is 5.90. The highest BCUT2D eigenvalue weighted by Crippen LogP contribution is 2.29. The lowest BCUT2D eigenvalue weighted by Gasteiger charge is -2.41. The van der Waals surface area contributed by atoms with Gasteiger partial charge in [-0.2, -0.15) is 0 Å². The molecule has 1 aliphatic rings. The second kappa shape index (κ2) is 7.68. The molecule has 0 spiro atoms. The van der Waals surface area contributed by atoms with E-state index in [-0.39, 0.29) is 12.7 Å². The van der Waals surface area contributed by atoms with Crippen LogP contribution < -0.4 is 0 Å². The third-order valence-electron chi connectivity index (χ3n) is 3.58. The fourth-order valence-electron chi connectivity index (χ4n) is 2.46. The summed E-state index contributed by atoms with van der Waals surface area (Å²) in [5.41, 5.74) is 1.70. The Labute approximate surface area is 125 Å². The molecule has 5 nitrogen and oxygen atoms in total. The molecule has 2 rings (SSSR count). The Morgan fingerprint density at radius 1 is 1.19 bits per heavy atom. The van der Waals surface area contributed by atoms with Gasteiger partial charge in [0.2, 0.25) is 0 Å². The van der Waals surface area contributed by atoms with Crippen LogP contribution in [0.1, 0.15) is 5.56 Å². The summed E-state index contributed by atoms with van der Waals surface area (Å²) in [5.74, 6) is 0. The molecule has 0 bridgehead atoms. The molecule has 1 fully saturated rings. The van der Waals surface area contributed by atoms with Crippen molar-refractivity contribution in [2.24, 2.45) is 0 Å². The molecule has 1 aromatic rings. The van der Waals surface area contributed by atoms with Crippen molar-refractivity contribution in [3.05, 3.63) is 48.0 Å². The lowest BCUT2D eigenvalue weighted by atomic mass is 9.97. The van der Waals surface area contributed by atoms with Crippen molar-refractivity contribution in [3.63, 3.8) is 0 Å². The molecule has 1 aliphatic heterocycles. The third kappa shape index (κ3) is 3.70. The van der Waals surface area contributed by atoms with Crippen LogP contribution in [0.5, 0.6) is 0 Å². The molecule has 0 unspecified atom stereocenters. The summed E-state index contributed by atoms with van der Waals surface area (Å²) in [6.45, 7) is 4.22. The van der Waals surface area contributed by atoms with E-state index in [1.807, 2.05) is 30.3 Å². The number of aliphatic hydroxyl groups is 1. The second-order valence-electron chi connectivity index (χ2n) is 4.92. The zero-order valence-corrected chi connectivity index (χ0v) is 12.4. The predicted octanol–water partition coefficient (Wildman–Crippen LogP) is 1.51. The first kappa shape index (κ1) is 16.1. The van der Waals surface area contributed by atoms with Gasteiger partial charge in [0.05, 0.1) is 13.2 Å². The van der Waals surface area contributed by atoms with Gasteiger partial charge in [0.15, 0.2) is 6.29 Å². The molecule has 116 valence electrons. The van der Waals surface area contributed by atoms with Crippen molar-refractivity contribution in [3.8, 4) is 0 Å². The molecule has 21 heavy (non-hydrogen) atoms. The number of hydrogen-bond acceptors (Lipinski definition) is 5. The van der Waals surface area contributed by atoms with Gasteiger partial charge < -0.3 is 24.1 Å². The van der Waals surface area contributed by atoms with Crippen molar-refractivity contribution < 1.29 is 24.1 Å². The summed E-state index contributed by atoms with van der Waals surface area (Å²) in [6, 6.07) is 9.79. The van der Waals surface area contributed by atoms with Crippen molar-refractivity contribution in [2.45, 2.75) is 31.2 Å². The Hall–Kier alpha value is -1.24. The summed E-state index contributed by atoms with van der Waals surface area (Å²) in [5, 5.41) is 9.45. The van der Waals surface area contributed by atoms with Gasteiger partial charge in [0.25, 0.3) is 0 Å². The van der Waals surface area contributed by atoms with E-state index in [2.05, 4.69) is 6.58 Å². The molecule has 0 aromatic heterocycles. The SMILES string of the molecule is C=C1[C@@H](OCc2ccccc2)O[C@H](CO)[C@H](OC)[C@@H]1OC. The molecule has 1 aromatic carbocycles. The van der Waals surface area contributed by atoms with Gasteiger partial charge in [0, 0.05) is 19.8 Å². The molecule has 0 aliphatic carbocycles. The van der Waals surface area contributed by atoms with Gasteiger partial charge >= 0.3 is 0 Å². The molecule has 1 heterocycles. The molecule has 1 saturated heterocycles. The van der Waals surface area contributed by atoms with E-state index in [4.69, 9.17) is 18.9 Å². The van der Waals surface area contributed by atoms with Crippen molar-refractivity contribution >= 4 is 0 Å². The quantitative estimate of drug-likeness (QED) is 0.806. The average Bonchev–Trinajstić information content (AvgIpc) is 2.54. The Morgan fingerprint density at radius 2 is 1.90 bits per heavy atom. The van der Waals surface area contributed by atoms with Gasteiger partial charge in [-0.1, -0.05) is 36.9 Å². The monoisotopic (exact) mass is 294 g/mol. The number of rotatable bonds is 6. The van der Waals surface area contributed by atoms with Crippen molar-refractivity contribution in [1.82, 2.24) is 0 Å². The van der Waals surface area contributed by atoms with Crippen molar-refractivity contribution in [1.29, 1.82) is 0 Å². The zero-order chi connectivity index (χ0) is 15.2. The number of ether oxygens (including phenoxy) is 4. The summed E-state index contributed by atoms with van der Waals surface area (Å²) >= 11 is 0. The van der Waals surface area contributed by atoms with Crippen LogP contribution >= 0.6 is 0 Å². The Morgan fingerprint density at radius 3 is 2.48 bits per heavy atom. The van der Waals surface area contributed by atoms with Gasteiger partial charge in [-0.3, -0.25) is 0 Å². The predicted molar refractivity (Wildman–Crippen MR) is 77.7 cm³/mol. The van der Waals surface area contributed by atoms with E-state index >= 15 is 0 Å². The van der Waals surface area contributed by atoms with Crippen LogP contribution in [0, 0.1) is 0 Å². The molecule has 5 heteroatoms. The second-order valence-corrected chi connectivity index (χ2v) is 4.92. The number of hydrogen-bond donors (Lipinski definition) is 1. The minimum Gasteiger partial charge on any atom is -0.394 e. The molecular weight excluding hydrogens is 272 g/mol. The Bertz CT molecular complexity index is 447. The average molecular weight is 294 g/mol. The molecule has 0 amide bonds. The highest BCUT2D eigenvalue weighted by atomic mass is 16.7. The fraction of sp³-hybridized carbons (Fsp3) is 0.500. The van der Waals surface area contributed by atoms with Crippen molar-refractivity contribution in [2.75, 3.05) is 20.8 Å². The number of aliphatic hydroxyl groups excluding tert-OH is 1. The third-order valence-corrected chi connectivity index (χ3v) is 3.58. The fourth-order valence-corrected chi connectivity index (χ4v) is 2.46. The van der Waals surface area contributed by atoms with Crippen LogP contribution in [0.2, 0.25) is 0 Å². The Balaban J connectivity index is 2.04. The van der Waals surface area contributed by atoms with Gasteiger partial charge in [-0.25, -0.2) is 0 Å². The molecule has 1 N–H and O–H groups in total. The van der Waals surface area contributed by atoms with Gasteiger partial charge in [-0.05, 0) is 5.56 Å². The summed E-state index contributed by atoms with van der Waals surface area (Å²) < 4.78 is 22.3. The normalized spacial score (nSPS) is 29.6. The highest BCUT2D eigenvalue weighted by Gasteiger charge is 2.42. The van der Waals surface area contributed by atoms with E-state index < -0.39 is 18.5 Å². The summed E-state index contributed by atoms with van der Waals surface area (Å²) in [7, 11) is 3.14. The molecule has 0 saturated carbocycles. The van der Waals surface area contributed by atoms with E-state index in [0.717, 1.165) is 5.56 Å². The van der Waals surface area contributed by atoms with E-state index in [1.165, 1.54) is 0 Å². The summed E-state index contributed by atoms with van der Waals surface area (Å²) in [4.78, 5) is 0. The van der Waals surface area contributed by atoms with E-state index in [0.29, 0.717) is 12.2 Å². The van der Waals surface area contributed by atoms with Crippen LogP contribution in [-0.4, -0.2) is 50.5 Å². The van der Waals surface area contributed by atoms with Gasteiger partial charge in [0.1, 0.15) is 18.3 Å². The smallest absolute Gasteiger partial charge is 0.183 e. The minimum atomic E-state index is -0.626. The summed E-state index contributed by atoms with van der Waals surface area (Å²) in [6.07, 6.45) is -1.91. The molecular formula is C16H22O5. The maximum absolute atomic E-state index is 9.45. The number of benzene rings is 1. The lowest BCUT2D eigenvalue weighted by molar-refractivity contribution is -0.237. The van der Waals surface area contributed by atoms with Crippen LogP contribution in [0.15, 0.2) is 42.5 Å².